The Morgan fingerprint density at radius 2 is 1.30 bits per heavy atom. The summed E-state index contributed by atoms with van der Waals surface area (Å²) in [5, 5.41) is 0. The van der Waals surface area contributed by atoms with Crippen molar-refractivity contribution in [2.75, 3.05) is 0 Å². The molecule has 0 spiro atoms. The molecule has 23 heavy (non-hydrogen) atoms. The Balaban J connectivity index is 2.80. The fourth-order valence-corrected chi connectivity index (χ4v) is 3.17. The molecular weight excluding hydrogens is 278 g/mol. The molecule has 0 fully saturated rings. The van der Waals surface area contributed by atoms with E-state index in [1.807, 2.05) is 0 Å². The zero-order valence-corrected chi connectivity index (χ0v) is 16.3. The van der Waals surface area contributed by atoms with E-state index in [9.17, 15) is 0 Å². The van der Waals surface area contributed by atoms with Gasteiger partial charge in [0.1, 0.15) is 7.05 Å². The first-order valence-corrected chi connectivity index (χ1v) is 8.53. The molecule has 2 rings (SSSR count). The molecule has 1 nitrogen and oxygen atoms in total. The van der Waals surface area contributed by atoms with Crippen molar-refractivity contribution in [3.8, 4) is 11.3 Å². The van der Waals surface area contributed by atoms with Crippen molar-refractivity contribution in [3.05, 3.63) is 52.7 Å². The van der Waals surface area contributed by atoms with E-state index in [-0.39, 0.29) is 10.8 Å². The smallest absolute Gasteiger partial charge is 0.201 e. The molecule has 0 saturated carbocycles. The molecule has 0 amide bonds. The number of hydrogen-bond acceptors (Lipinski definition) is 0. The molecule has 2 aromatic rings. The molecule has 1 heteroatoms. The Morgan fingerprint density at radius 1 is 0.783 bits per heavy atom. The second kappa shape index (κ2) is 5.78. The van der Waals surface area contributed by atoms with Crippen LogP contribution in [0.2, 0.25) is 0 Å². The van der Waals surface area contributed by atoms with Crippen molar-refractivity contribution in [1.82, 2.24) is 0 Å². The summed E-state index contributed by atoms with van der Waals surface area (Å²) in [7, 11) is 2.13. The lowest BCUT2D eigenvalue weighted by atomic mass is 9.73. The van der Waals surface area contributed by atoms with Crippen LogP contribution >= 0.6 is 0 Å². The van der Waals surface area contributed by atoms with Gasteiger partial charge in [0.15, 0.2) is 6.20 Å². The van der Waals surface area contributed by atoms with Crippen molar-refractivity contribution in [2.45, 2.75) is 66.2 Å². The predicted octanol–water partition coefficient (Wildman–Crippen LogP) is 5.39. The fourth-order valence-electron chi connectivity index (χ4n) is 3.17. The van der Waals surface area contributed by atoms with Crippen LogP contribution < -0.4 is 4.57 Å². The number of hydrogen-bond donors (Lipinski definition) is 0. The first-order valence-electron chi connectivity index (χ1n) is 8.53. The maximum Gasteiger partial charge on any atom is 0.212 e. The standard InChI is InChI=1S/C22H32N/c1-15-10-11-23(9)20(12-15)17-14-19(22(6,7)8)18(13-16(17)2)21(3,4)5/h10-14H,1-9H3/q+1. The molecule has 0 radical (unpaired) electrons. The van der Waals surface area contributed by atoms with Gasteiger partial charge in [0, 0.05) is 17.7 Å². The van der Waals surface area contributed by atoms with Crippen LogP contribution in [0.4, 0.5) is 0 Å². The Kier molecular flexibility index (Phi) is 4.45. The van der Waals surface area contributed by atoms with Crippen molar-refractivity contribution in [2.24, 2.45) is 7.05 Å². The monoisotopic (exact) mass is 310 g/mol. The highest BCUT2D eigenvalue weighted by molar-refractivity contribution is 5.65. The van der Waals surface area contributed by atoms with Gasteiger partial charge in [-0.05, 0) is 53.0 Å². The molecule has 0 bridgehead atoms. The third kappa shape index (κ3) is 3.65. The molecule has 0 aliphatic carbocycles. The third-order valence-electron chi connectivity index (χ3n) is 4.56. The predicted molar refractivity (Wildman–Crippen MR) is 99.9 cm³/mol. The molecule has 0 aliphatic rings. The number of rotatable bonds is 1. The van der Waals surface area contributed by atoms with Gasteiger partial charge < -0.3 is 0 Å². The molecule has 0 aliphatic heterocycles. The van der Waals surface area contributed by atoms with Crippen molar-refractivity contribution in [3.63, 3.8) is 0 Å². The molecule has 124 valence electrons. The summed E-state index contributed by atoms with van der Waals surface area (Å²) >= 11 is 0. The van der Waals surface area contributed by atoms with E-state index in [0.717, 1.165) is 0 Å². The molecule has 0 atom stereocenters. The van der Waals surface area contributed by atoms with Gasteiger partial charge in [0.2, 0.25) is 5.69 Å². The number of aromatic nitrogens is 1. The molecule has 1 aromatic carbocycles. The molecule has 0 N–H and O–H groups in total. The Labute approximate surface area is 142 Å². The number of pyridine rings is 1. The SMILES string of the molecule is Cc1cc[n+](C)c(-c2cc(C(C)(C)C)c(C(C)(C)C)cc2C)c1. The van der Waals surface area contributed by atoms with Crippen LogP contribution in [0.15, 0.2) is 30.5 Å². The fraction of sp³-hybridized carbons (Fsp3) is 0.500. The molecule has 1 aromatic heterocycles. The summed E-state index contributed by atoms with van der Waals surface area (Å²) in [5.41, 5.74) is 8.48. The van der Waals surface area contributed by atoms with E-state index >= 15 is 0 Å². The minimum Gasteiger partial charge on any atom is -0.201 e. The maximum atomic E-state index is 2.42. The quantitative estimate of drug-likeness (QED) is 0.622. The van der Waals surface area contributed by atoms with Crippen LogP contribution in [0.1, 0.15) is 63.8 Å². The van der Waals surface area contributed by atoms with Crippen LogP contribution in [0, 0.1) is 13.8 Å². The summed E-state index contributed by atoms with van der Waals surface area (Å²) in [6.07, 6.45) is 2.15. The lowest BCUT2D eigenvalue weighted by Gasteiger charge is -2.31. The average molecular weight is 311 g/mol. The number of benzene rings is 1. The van der Waals surface area contributed by atoms with Gasteiger partial charge >= 0.3 is 0 Å². The number of nitrogens with zero attached hydrogens (tertiary/aromatic N) is 1. The van der Waals surface area contributed by atoms with Gasteiger partial charge in [-0.2, -0.15) is 0 Å². The second-order valence-electron chi connectivity index (χ2n) is 8.91. The van der Waals surface area contributed by atoms with Crippen LogP contribution in [-0.2, 0) is 17.9 Å². The first kappa shape index (κ1) is 17.7. The van der Waals surface area contributed by atoms with Crippen molar-refractivity contribution < 1.29 is 4.57 Å². The van der Waals surface area contributed by atoms with Gasteiger partial charge in [-0.3, -0.25) is 0 Å². The van der Waals surface area contributed by atoms with E-state index in [4.69, 9.17) is 0 Å². The van der Waals surface area contributed by atoms with E-state index in [1.165, 1.54) is 33.5 Å². The molecule has 0 saturated heterocycles. The third-order valence-corrected chi connectivity index (χ3v) is 4.56. The minimum absolute atomic E-state index is 0.132. The zero-order valence-electron chi connectivity index (χ0n) is 16.3. The maximum absolute atomic E-state index is 2.42. The highest BCUT2D eigenvalue weighted by Gasteiger charge is 2.27. The Bertz CT molecular complexity index is 725. The van der Waals surface area contributed by atoms with E-state index < -0.39 is 0 Å². The van der Waals surface area contributed by atoms with E-state index in [1.54, 1.807) is 0 Å². The van der Waals surface area contributed by atoms with E-state index in [0.29, 0.717) is 0 Å². The van der Waals surface area contributed by atoms with Crippen LogP contribution in [0.5, 0.6) is 0 Å². The highest BCUT2D eigenvalue weighted by Crippen LogP contribution is 2.37. The first-order chi connectivity index (χ1) is 10.4. The summed E-state index contributed by atoms with van der Waals surface area (Å²) < 4.78 is 2.22. The van der Waals surface area contributed by atoms with Crippen LogP contribution in [0.25, 0.3) is 11.3 Å². The molecule has 0 unspecified atom stereocenters. The summed E-state index contributed by atoms with van der Waals surface area (Å²) in [4.78, 5) is 0. The lowest BCUT2D eigenvalue weighted by Crippen LogP contribution is -2.31. The van der Waals surface area contributed by atoms with Gasteiger partial charge in [0.05, 0.1) is 0 Å². The Morgan fingerprint density at radius 3 is 1.83 bits per heavy atom. The normalized spacial score (nSPS) is 12.6. The van der Waals surface area contributed by atoms with Crippen molar-refractivity contribution in [1.29, 1.82) is 0 Å². The molecule has 1 heterocycles. The summed E-state index contributed by atoms with van der Waals surface area (Å²) in [6, 6.07) is 9.27. The highest BCUT2D eigenvalue weighted by atomic mass is 14.9. The summed E-state index contributed by atoms with van der Waals surface area (Å²) in [6.45, 7) is 18.3. The second-order valence-corrected chi connectivity index (χ2v) is 8.91. The Hall–Kier alpha value is -1.63. The van der Waals surface area contributed by atoms with Crippen LogP contribution in [0.3, 0.4) is 0 Å². The summed E-state index contributed by atoms with van der Waals surface area (Å²) in [5.74, 6) is 0. The van der Waals surface area contributed by atoms with Gasteiger partial charge in [0.25, 0.3) is 0 Å². The van der Waals surface area contributed by atoms with Crippen molar-refractivity contribution >= 4 is 0 Å². The minimum atomic E-state index is 0.132. The van der Waals surface area contributed by atoms with Gasteiger partial charge in [-0.15, -0.1) is 0 Å². The zero-order chi connectivity index (χ0) is 17.6. The number of aryl methyl sites for hydroxylation is 3. The molecular formula is C22H32N+. The average Bonchev–Trinajstić information content (AvgIpc) is 2.39. The van der Waals surface area contributed by atoms with Gasteiger partial charge in [-0.25, -0.2) is 4.57 Å². The topological polar surface area (TPSA) is 3.88 Å². The lowest BCUT2D eigenvalue weighted by molar-refractivity contribution is -0.660. The van der Waals surface area contributed by atoms with Crippen LogP contribution in [-0.4, -0.2) is 0 Å². The largest absolute Gasteiger partial charge is 0.212 e. The van der Waals surface area contributed by atoms with Gasteiger partial charge in [-0.1, -0.05) is 47.6 Å². The van der Waals surface area contributed by atoms with E-state index in [2.05, 4.69) is 97.5 Å².